The van der Waals surface area contributed by atoms with E-state index in [1.54, 1.807) is 6.92 Å². The largest absolute Gasteiger partial charge is 0.393 e. The highest BCUT2D eigenvalue weighted by Gasteiger charge is 2.22. The molecule has 1 rings (SSSR count). The highest BCUT2D eigenvalue weighted by atomic mass is 16.3. The topological polar surface area (TPSA) is 78.4 Å². The van der Waals surface area contributed by atoms with Gasteiger partial charge in [-0.05, 0) is 24.8 Å². The van der Waals surface area contributed by atoms with Gasteiger partial charge in [0.25, 0.3) is 0 Å². The average molecular weight is 306 g/mol. The maximum absolute atomic E-state index is 12.3. The molecule has 0 aromatic heterocycles. The molecule has 0 bridgehead atoms. The highest BCUT2D eigenvalue weighted by molar-refractivity contribution is 5.88. The molecular formula is C17H26N2O3. The van der Waals surface area contributed by atoms with Gasteiger partial charge in [-0.3, -0.25) is 9.59 Å². The zero-order valence-corrected chi connectivity index (χ0v) is 13.5. The summed E-state index contributed by atoms with van der Waals surface area (Å²) in [6.07, 6.45) is 0.392. The molecule has 0 aliphatic carbocycles. The summed E-state index contributed by atoms with van der Waals surface area (Å²) in [5.74, 6) is -0.173. The second-order valence-electron chi connectivity index (χ2n) is 5.94. The Labute approximate surface area is 132 Å². The summed E-state index contributed by atoms with van der Waals surface area (Å²) in [6, 6.07) is 8.45. The minimum absolute atomic E-state index is 0.144. The molecule has 5 heteroatoms. The van der Waals surface area contributed by atoms with Gasteiger partial charge in [-0.15, -0.1) is 0 Å². The van der Waals surface area contributed by atoms with Crippen molar-refractivity contribution < 1.29 is 14.7 Å². The molecule has 0 saturated carbocycles. The van der Waals surface area contributed by atoms with E-state index >= 15 is 0 Å². The van der Waals surface area contributed by atoms with Gasteiger partial charge >= 0.3 is 0 Å². The smallest absolute Gasteiger partial charge is 0.247 e. The molecule has 2 amide bonds. The van der Waals surface area contributed by atoms with E-state index in [1.165, 1.54) is 0 Å². The molecule has 0 heterocycles. The van der Waals surface area contributed by atoms with Crippen LogP contribution in [-0.2, 0) is 9.59 Å². The van der Waals surface area contributed by atoms with E-state index < -0.39 is 12.1 Å². The molecular weight excluding hydrogens is 280 g/mol. The lowest BCUT2D eigenvalue weighted by Gasteiger charge is -2.19. The third-order valence-corrected chi connectivity index (χ3v) is 3.16. The number of benzene rings is 1. The van der Waals surface area contributed by atoms with Crippen LogP contribution in [0.15, 0.2) is 30.3 Å². The van der Waals surface area contributed by atoms with Crippen LogP contribution in [0.25, 0.3) is 0 Å². The van der Waals surface area contributed by atoms with Crippen molar-refractivity contribution in [3.05, 3.63) is 35.9 Å². The molecule has 0 radical (unpaired) electrons. The van der Waals surface area contributed by atoms with Gasteiger partial charge in [-0.1, -0.05) is 44.2 Å². The molecule has 122 valence electrons. The van der Waals surface area contributed by atoms with Crippen molar-refractivity contribution in [1.29, 1.82) is 0 Å². The van der Waals surface area contributed by atoms with Crippen molar-refractivity contribution in [1.82, 2.24) is 10.6 Å². The molecule has 2 unspecified atom stereocenters. The van der Waals surface area contributed by atoms with Crippen LogP contribution >= 0.6 is 0 Å². The van der Waals surface area contributed by atoms with Crippen LogP contribution in [0.4, 0.5) is 0 Å². The maximum atomic E-state index is 12.3. The van der Waals surface area contributed by atoms with E-state index in [1.807, 2.05) is 44.2 Å². The van der Waals surface area contributed by atoms with Crippen LogP contribution in [0.5, 0.6) is 0 Å². The number of rotatable bonds is 8. The zero-order valence-electron chi connectivity index (χ0n) is 13.5. The summed E-state index contributed by atoms with van der Waals surface area (Å²) in [7, 11) is 0. The fourth-order valence-electron chi connectivity index (χ4n) is 2.04. The summed E-state index contributed by atoms with van der Waals surface area (Å²) >= 11 is 0. The van der Waals surface area contributed by atoms with Crippen LogP contribution in [-0.4, -0.2) is 29.6 Å². The Balaban J connectivity index is 2.74. The third kappa shape index (κ3) is 6.72. The van der Waals surface area contributed by atoms with Gasteiger partial charge < -0.3 is 15.7 Å². The summed E-state index contributed by atoms with van der Waals surface area (Å²) in [4.78, 5) is 24.3. The first-order chi connectivity index (χ1) is 10.4. The predicted molar refractivity (Wildman–Crippen MR) is 86.1 cm³/mol. The van der Waals surface area contributed by atoms with E-state index in [4.69, 9.17) is 0 Å². The van der Waals surface area contributed by atoms with E-state index in [0.717, 1.165) is 5.56 Å². The number of nitrogens with one attached hydrogen (secondary N) is 2. The second kappa shape index (κ2) is 9.20. The zero-order chi connectivity index (χ0) is 16.5. The molecule has 22 heavy (non-hydrogen) atoms. The standard InChI is InChI=1S/C17H26N2O3/c1-12(2)11-15(21)19-16(14-7-5-4-6-8-14)17(22)18-10-9-13(3)20/h4-8,12-13,16,20H,9-11H2,1-3H3,(H,18,22)(H,19,21). The Bertz CT molecular complexity index is 472. The van der Waals surface area contributed by atoms with Crippen LogP contribution in [0.3, 0.4) is 0 Å². The molecule has 0 spiro atoms. The van der Waals surface area contributed by atoms with E-state index in [9.17, 15) is 14.7 Å². The van der Waals surface area contributed by atoms with E-state index in [-0.39, 0.29) is 17.7 Å². The first-order valence-corrected chi connectivity index (χ1v) is 7.70. The number of hydrogen-bond donors (Lipinski definition) is 3. The van der Waals surface area contributed by atoms with E-state index in [0.29, 0.717) is 19.4 Å². The number of hydrogen-bond acceptors (Lipinski definition) is 3. The lowest BCUT2D eigenvalue weighted by Crippen LogP contribution is -2.41. The normalized spacial score (nSPS) is 13.5. The summed E-state index contributed by atoms with van der Waals surface area (Å²) in [6.45, 7) is 5.96. The third-order valence-electron chi connectivity index (χ3n) is 3.16. The number of amides is 2. The van der Waals surface area contributed by atoms with Crippen LogP contribution in [0, 0.1) is 5.92 Å². The Hall–Kier alpha value is -1.88. The Morgan fingerprint density at radius 2 is 1.77 bits per heavy atom. The van der Waals surface area contributed by atoms with Crippen molar-refractivity contribution in [2.45, 2.75) is 45.8 Å². The van der Waals surface area contributed by atoms with Gasteiger partial charge in [-0.25, -0.2) is 0 Å². The van der Waals surface area contributed by atoms with Gasteiger partial charge in [0.05, 0.1) is 6.10 Å². The fraction of sp³-hybridized carbons (Fsp3) is 0.529. The summed E-state index contributed by atoms with van der Waals surface area (Å²) < 4.78 is 0. The molecule has 2 atom stereocenters. The molecule has 5 nitrogen and oxygen atoms in total. The predicted octanol–water partition coefficient (Wildman–Crippen LogP) is 1.78. The van der Waals surface area contributed by atoms with Gasteiger partial charge in [-0.2, -0.15) is 0 Å². The van der Waals surface area contributed by atoms with Crippen molar-refractivity contribution in [2.75, 3.05) is 6.54 Å². The van der Waals surface area contributed by atoms with Gasteiger partial charge in [0.15, 0.2) is 0 Å². The summed E-state index contributed by atoms with van der Waals surface area (Å²) in [5, 5.41) is 14.8. The van der Waals surface area contributed by atoms with Crippen LogP contribution in [0.2, 0.25) is 0 Å². The number of aliphatic hydroxyl groups is 1. The van der Waals surface area contributed by atoms with Crippen molar-refractivity contribution >= 4 is 11.8 Å². The van der Waals surface area contributed by atoms with Crippen LogP contribution in [0.1, 0.15) is 45.2 Å². The number of carbonyl (C=O) groups excluding carboxylic acids is 2. The van der Waals surface area contributed by atoms with Crippen molar-refractivity contribution in [3.63, 3.8) is 0 Å². The molecule has 0 aliphatic heterocycles. The van der Waals surface area contributed by atoms with Gasteiger partial charge in [0.1, 0.15) is 6.04 Å². The van der Waals surface area contributed by atoms with Gasteiger partial charge in [0, 0.05) is 13.0 Å². The Kier molecular flexibility index (Phi) is 7.60. The van der Waals surface area contributed by atoms with E-state index in [2.05, 4.69) is 10.6 Å². The minimum atomic E-state index is -0.707. The average Bonchev–Trinajstić information content (AvgIpc) is 2.44. The molecule has 1 aromatic rings. The number of carbonyl (C=O) groups is 2. The fourth-order valence-corrected chi connectivity index (χ4v) is 2.04. The maximum Gasteiger partial charge on any atom is 0.247 e. The van der Waals surface area contributed by atoms with Crippen molar-refractivity contribution in [2.24, 2.45) is 5.92 Å². The monoisotopic (exact) mass is 306 g/mol. The lowest BCUT2D eigenvalue weighted by atomic mass is 10.0. The number of aliphatic hydroxyl groups excluding tert-OH is 1. The first kappa shape index (κ1) is 18.2. The molecule has 0 saturated heterocycles. The second-order valence-corrected chi connectivity index (χ2v) is 5.94. The molecule has 1 aromatic carbocycles. The highest BCUT2D eigenvalue weighted by Crippen LogP contribution is 2.14. The van der Waals surface area contributed by atoms with Crippen molar-refractivity contribution in [3.8, 4) is 0 Å². The quantitative estimate of drug-likeness (QED) is 0.685. The van der Waals surface area contributed by atoms with Gasteiger partial charge in [0.2, 0.25) is 11.8 Å². The molecule has 3 N–H and O–H groups in total. The SMILES string of the molecule is CC(C)CC(=O)NC(C(=O)NCCC(C)O)c1ccccc1. The Morgan fingerprint density at radius 3 is 2.32 bits per heavy atom. The summed E-state index contributed by atoms with van der Waals surface area (Å²) in [5.41, 5.74) is 0.745. The van der Waals surface area contributed by atoms with Crippen LogP contribution < -0.4 is 10.6 Å². The molecule has 0 aliphatic rings. The lowest BCUT2D eigenvalue weighted by molar-refractivity contribution is -0.129. The minimum Gasteiger partial charge on any atom is -0.393 e. The Morgan fingerprint density at radius 1 is 1.14 bits per heavy atom. The molecule has 0 fully saturated rings. The first-order valence-electron chi connectivity index (χ1n) is 7.70.